The molecule has 0 radical (unpaired) electrons. The minimum absolute atomic E-state index is 0.409. The Morgan fingerprint density at radius 3 is 0.763 bits per heavy atom. The number of hydrogen-bond donors (Lipinski definition) is 1. The van der Waals surface area contributed by atoms with Crippen LogP contribution in [-0.4, -0.2) is 0 Å². The van der Waals surface area contributed by atoms with E-state index in [0.717, 1.165) is 0 Å². The minimum atomic E-state index is -0.409. The second-order valence-corrected chi connectivity index (χ2v) is 12.7. The average molecular weight is 569 g/mol. The maximum absolute atomic E-state index is 5.50. The molecule has 0 unspecified atom stereocenters. The van der Waals surface area contributed by atoms with Crippen molar-refractivity contribution >= 4 is 47.7 Å². The van der Waals surface area contributed by atoms with Crippen LogP contribution in [0.25, 0.3) is 0 Å². The molecule has 1 nitrogen and oxygen atoms in total. The van der Waals surface area contributed by atoms with Gasteiger partial charge in [-0.25, -0.2) is 24.3 Å². The van der Waals surface area contributed by atoms with Gasteiger partial charge in [0.2, 0.25) is 0 Å². The van der Waals surface area contributed by atoms with E-state index in [1.54, 1.807) is 0 Å². The van der Waals surface area contributed by atoms with Crippen LogP contribution in [-0.2, 0) is 15.8 Å². The summed E-state index contributed by atoms with van der Waals surface area (Å²) in [6.07, 6.45) is 0. The van der Waals surface area contributed by atoms with Gasteiger partial charge >= 0.3 is 20.2 Å². The van der Waals surface area contributed by atoms with Gasteiger partial charge < -0.3 is 0 Å². The van der Waals surface area contributed by atoms with Crippen molar-refractivity contribution in [2.45, 2.75) is 0 Å². The summed E-state index contributed by atoms with van der Waals surface area (Å²) in [6, 6.07) is 60.5. The van der Waals surface area contributed by atoms with E-state index in [2.05, 4.69) is 186 Å². The van der Waals surface area contributed by atoms with Crippen LogP contribution < -0.4 is 31.8 Å². The van der Waals surface area contributed by atoms with Gasteiger partial charge in [-0.1, -0.05) is 137 Å². The zero-order chi connectivity index (χ0) is 26.4. The van der Waals surface area contributed by atoms with Gasteiger partial charge in [0.1, 0.15) is 0 Å². The number of nitrogens with one attached hydrogen (secondary N) is 1. The molecule has 38 heavy (non-hydrogen) atoms. The van der Waals surface area contributed by atoms with Crippen molar-refractivity contribution < 1.29 is 15.8 Å². The fourth-order valence-corrected chi connectivity index (χ4v) is 8.84. The topological polar surface area (TPSA) is 23.9 Å². The smallest absolute Gasteiger partial charge is 0.0269 e. The average Bonchev–Trinajstić information content (AvgIpc) is 3.73. The molecule has 6 rings (SSSR count). The zero-order valence-corrected chi connectivity index (χ0v) is 23.8. The molecule has 0 bridgehead atoms. The Morgan fingerprint density at radius 1 is 0.342 bits per heavy atom. The van der Waals surface area contributed by atoms with Crippen molar-refractivity contribution in [3.8, 4) is 0 Å². The molecule has 0 aromatic heterocycles. The predicted octanol–water partition coefficient (Wildman–Crippen LogP) is 6.62. The zero-order valence-electron chi connectivity index (χ0n) is 20.9. The fourth-order valence-electron chi connectivity index (χ4n) is 4.23. The van der Waals surface area contributed by atoms with Crippen LogP contribution >= 0.6 is 15.8 Å². The van der Waals surface area contributed by atoms with Gasteiger partial charge in [-0.3, -0.25) is 0 Å². The molecular formula is C34H29FeNP2. The monoisotopic (exact) mass is 569 g/mol. The molecule has 0 saturated heterocycles. The molecular weight excluding hydrogens is 540 g/mol. The van der Waals surface area contributed by atoms with Crippen LogP contribution in [0.15, 0.2) is 170 Å². The van der Waals surface area contributed by atoms with Crippen LogP contribution in [0.4, 0.5) is 0 Å². The second-order valence-electron chi connectivity index (χ2n) is 8.30. The molecule has 4 heteroatoms. The van der Waals surface area contributed by atoms with Crippen LogP contribution in [0.3, 0.4) is 0 Å². The Bertz CT molecular complexity index is 1230. The van der Waals surface area contributed by atoms with E-state index in [-0.39, 0.29) is 0 Å². The largest absolute Gasteiger partial charge is 0.213 e. The third-order valence-electron chi connectivity index (χ3n) is 5.86. The number of benzene rings is 4. The van der Waals surface area contributed by atoms with E-state index in [9.17, 15) is 0 Å². The summed E-state index contributed by atoms with van der Waals surface area (Å²) in [6.45, 7) is 0. The number of hydrogen-bond acceptors (Lipinski definition) is 1. The van der Waals surface area contributed by atoms with Gasteiger partial charge in [-0.05, 0) is 21.2 Å². The summed E-state index contributed by atoms with van der Waals surface area (Å²) < 4.78 is 5.50. The first-order chi connectivity index (χ1) is 18.9. The summed E-state index contributed by atoms with van der Waals surface area (Å²) in [4.78, 5) is 0. The molecule has 188 valence electrons. The molecule has 0 amide bonds. The van der Waals surface area contributed by atoms with Crippen LogP contribution in [0.5, 0.6) is 0 Å². The van der Waals surface area contributed by atoms with Gasteiger partial charge in [0.15, 0.2) is 0 Å². The second kappa shape index (κ2) is 15.2. The van der Waals surface area contributed by atoms with Gasteiger partial charge in [-0.15, -0.1) is 10.6 Å². The van der Waals surface area contributed by atoms with E-state index in [4.69, 9.17) is 4.38 Å². The van der Waals surface area contributed by atoms with E-state index >= 15 is 0 Å². The van der Waals surface area contributed by atoms with E-state index in [1.807, 2.05) is 0 Å². The first kappa shape index (κ1) is 27.8. The van der Waals surface area contributed by atoms with Crippen LogP contribution in [0.2, 0.25) is 0 Å². The third kappa shape index (κ3) is 7.41. The van der Waals surface area contributed by atoms with Gasteiger partial charge in [0.25, 0.3) is 0 Å². The number of rotatable bonds is 6. The maximum atomic E-state index is 5.50. The van der Waals surface area contributed by atoms with Crippen molar-refractivity contribution in [2.75, 3.05) is 0 Å². The van der Waals surface area contributed by atoms with Gasteiger partial charge in [-0.2, -0.15) is 24.3 Å². The Morgan fingerprint density at radius 2 is 0.553 bits per heavy atom. The van der Waals surface area contributed by atoms with Crippen molar-refractivity contribution in [3.63, 3.8) is 0 Å². The Labute approximate surface area is 236 Å². The molecule has 6 aromatic carbocycles. The summed E-state index contributed by atoms with van der Waals surface area (Å²) >= 11 is 2.50. The third-order valence-corrected chi connectivity index (χ3v) is 10.8. The molecule has 0 saturated carbocycles. The molecule has 1 N–H and O–H groups in total. The fraction of sp³-hybridized carbons (Fsp3) is 0. The van der Waals surface area contributed by atoms with Crippen molar-refractivity contribution in [1.29, 1.82) is 4.38 Å². The Balaban J connectivity index is 0.000000166. The molecule has 0 aliphatic carbocycles. The normalized spacial score (nSPS) is 10.3. The maximum Gasteiger partial charge on any atom is -0.0269 e. The molecule has 0 aliphatic rings. The summed E-state index contributed by atoms with van der Waals surface area (Å²) in [5.74, 6) is 0. The SMILES string of the molecule is [NH]=[Fe+2].c1ccc(P(c2ccccc2)[c-]2cccc2)cc1.c1ccc(P(c2ccccc2)[c-]2cccc2)cc1. The quantitative estimate of drug-likeness (QED) is 0.133. The molecule has 6 aromatic rings. The van der Waals surface area contributed by atoms with E-state index in [0.29, 0.717) is 0 Å². The van der Waals surface area contributed by atoms with Crippen LogP contribution in [0.1, 0.15) is 0 Å². The van der Waals surface area contributed by atoms with Crippen molar-refractivity contribution in [3.05, 3.63) is 170 Å². The molecule has 0 fully saturated rings. The molecule has 0 heterocycles. The van der Waals surface area contributed by atoms with Crippen molar-refractivity contribution in [2.24, 2.45) is 0 Å². The van der Waals surface area contributed by atoms with Crippen molar-refractivity contribution in [1.82, 2.24) is 0 Å². The first-order valence-corrected chi connectivity index (χ1v) is 15.6. The Kier molecular flexibility index (Phi) is 11.1. The minimum Gasteiger partial charge on any atom is -0.213 e. The molecule has 0 atom stereocenters. The summed E-state index contributed by atoms with van der Waals surface area (Å²) in [5, 5.41) is 8.47. The molecule has 0 aliphatic heterocycles. The standard InChI is InChI=1S/2C17H14P.Fe.HN/c2*1-3-9-15(10-4-1)18(17-13-7-8-14-17)16-11-5-2-6-12-16;;/h2*1-14H;;1H/q2*-1;+2;. The summed E-state index contributed by atoms with van der Waals surface area (Å²) in [5.41, 5.74) is 0. The first-order valence-electron chi connectivity index (χ1n) is 12.3. The van der Waals surface area contributed by atoms with Crippen LogP contribution in [0, 0.1) is 4.38 Å². The van der Waals surface area contributed by atoms with E-state index in [1.165, 1.54) is 31.8 Å². The summed E-state index contributed by atoms with van der Waals surface area (Å²) in [7, 11) is -0.818. The van der Waals surface area contributed by atoms with Gasteiger partial charge in [0, 0.05) is 0 Å². The predicted molar refractivity (Wildman–Crippen MR) is 164 cm³/mol. The van der Waals surface area contributed by atoms with E-state index < -0.39 is 15.8 Å². The Hall–Kier alpha value is -3.24. The molecule has 0 spiro atoms. The van der Waals surface area contributed by atoms with Gasteiger partial charge in [0.05, 0.1) is 0 Å².